The van der Waals surface area contributed by atoms with E-state index in [9.17, 15) is 9.90 Å². The molecule has 3 nitrogen and oxygen atoms in total. The molecule has 0 radical (unpaired) electrons. The zero-order valence-corrected chi connectivity index (χ0v) is 9.46. The molecular weight excluding hydrogens is 190 g/mol. The van der Waals surface area contributed by atoms with Crippen LogP contribution in [0.5, 0.6) is 0 Å². The van der Waals surface area contributed by atoms with Crippen molar-refractivity contribution in [3.05, 3.63) is 0 Å². The van der Waals surface area contributed by atoms with Crippen molar-refractivity contribution >= 4 is 5.97 Å². The van der Waals surface area contributed by atoms with E-state index in [0.29, 0.717) is 5.92 Å². The fraction of sp³-hybridized carbons (Fsp3) is 0.917. The number of rotatable bonds is 4. The Hall–Kier alpha value is -0.570. The van der Waals surface area contributed by atoms with Gasteiger partial charge in [0.25, 0.3) is 0 Å². The number of carbonyl (C=O) groups is 1. The van der Waals surface area contributed by atoms with Crippen molar-refractivity contribution < 1.29 is 9.90 Å². The predicted molar refractivity (Wildman–Crippen MR) is 58.7 cm³/mol. The minimum Gasteiger partial charge on any atom is -0.481 e. The van der Waals surface area contributed by atoms with E-state index in [1.807, 2.05) is 7.05 Å². The van der Waals surface area contributed by atoms with E-state index >= 15 is 0 Å². The maximum Gasteiger partial charge on any atom is 0.311 e. The smallest absolute Gasteiger partial charge is 0.311 e. The second-order valence-corrected chi connectivity index (χ2v) is 5.13. The summed E-state index contributed by atoms with van der Waals surface area (Å²) in [5, 5.41) is 12.7. The molecule has 2 aliphatic carbocycles. The second kappa shape index (κ2) is 4.12. The lowest BCUT2D eigenvalue weighted by atomic mass is 9.60. The van der Waals surface area contributed by atoms with Gasteiger partial charge in [-0.05, 0) is 38.6 Å². The van der Waals surface area contributed by atoms with Crippen LogP contribution in [0.4, 0.5) is 0 Å². The number of carboxylic acids is 1. The number of hydrogen-bond acceptors (Lipinski definition) is 2. The van der Waals surface area contributed by atoms with Crippen molar-refractivity contribution in [1.82, 2.24) is 5.32 Å². The highest BCUT2D eigenvalue weighted by atomic mass is 16.4. The molecule has 0 aromatic carbocycles. The van der Waals surface area contributed by atoms with Crippen LogP contribution in [0.2, 0.25) is 0 Å². The van der Waals surface area contributed by atoms with E-state index in [1.54, 1.807) is 0 Å². The lowest BCUT2D eigenvalue weighted by Crippen LogP contribution is -2.56. The Morgan fingerprint density at radius 3 is 2.27 bits per heavy atom. The third-order valence-corrected chi connectivity index (χ3v) is 4.45. The topological polar surface area (TPSA) is 49.3 Å². The Morgan fingerprint density at radius 1 is 1.33 bits per heavy atom. The second-order valence-electron chi connectivity index (χ2n) is 5.13. The van der Waals surface area contributed by atoms with Crippen LogP contribution in [-0.2, 0) is 4.79 Å². The summed E-state index contributed by atoms with van der Waals surface area (Å²) < 4.78 is 0. The van der Waals surface area contributed by atoms with Crippen LogP contribution in [0.3, 0.4) is 0 Å². The van der Waals surface area contributed by atoms with Gasteiger partial charge in [-0.1, -0.05) is 19.3 Å². The molecule has 0 spiro atoms. The average Bonchev–Trinajstić information content (AvgIpc) is 2.62. The Kier molecular flexibility index (Phi) is 3.01. The van der Waals surface area contributed by atoms with Gasteiger partial charge in [0.2, 0.25) is 0 Å². The summed E-state index contributed by atoms with van der Waals surface area (Å²) >= 11 is 0. The quantitative estimate of drug-likeness (QED) is 0.748. The van der Waals surface area contributed by atoms with Gasteiger partial charge < -0.3 is 10.4 Å². The third kappa shape index (κ3) is 1.67. The molecule has 0 saturated heterocycles. The van der Waals surface area contributed by atoms with Gasteiger partial charge in [0.15, 0.2) is 0 Å². The van der Waals surface area contributed by atoms with Gasteiger partial charge in [-0.25, -0.2) is 0 Å². The molecule has 2 aliphatic rings. The molecule has 1 atom stereocenters. The molecule has 15 heavy (non-hydrogen) atoms. The molecule has 2 saturated carbocycles. The molecule has 2 N–H and O–H groups in total. The van der Waals surface area contributed by atoms with Crippen LogP contribution in [0.15, 0.2) is 0 Å². The van der Waals surface area contributed by atoms with Crippen molar-refractivity contribution in [3.63, 3.8) is 0 Å². The molecule has 0 heterocycles. The van der Waals surface area contributed by atoms with Crippen molar-refractivity contribution in [2.24, 2.45) is 11.3 Å². The van der Waals surface area contributed by atoms with Crippen molar-refractivity contribution in [3.8, 4) is 0 Å². The van der Waals surface area contributed by atoms with Crippen LogP contribution in [-0.4, -0.2) is 24.2 Å². The molecule has 0 amide bonds. The van der Waals surface area contributed by atoms with Crippen molar-refractivity contribution in [2.75, 3.05) is 7.05 Å². The highest BCUT2D eigenvalue weighted by Gasteiger charge is 2.52. The first-order valence-electron chi connectivity index (χ1n) is 6.11. The van der Waals surface area contributed by atoms with E-state index in [1.165, 1.54) is 25.7 Å². The van der Waals surface area contributed by atoms with Crippen molar-refractivity contribution in [2.45, 2.75) is 51.0 Å². The van der Waals surface area contributed by atoms with Gasteiger partial charge in [-0.15, -0.1) is 0 Å². The first-order valence-corrected chi connectivity index (χ1v) is 6.11. The van der Waals surface area contributed by atoms with Crippen LogP contribution in [0, 0.1) is 11.3 Å². The van der Waals surface area contributed by atoms with E-state index in [-0.39, 0.29) is 6.04 Å². The Morgan fingerprint density at radius 2 is 1.93 bits per heavy atom. The monoisotopic (exact) mass is 211 g/mol. The highest BCUT2D eigenvalue weighted by Crippen LogP contribution is 2.48. The Bertz CT molecular complexity index is 242. The lowest BCUT2D eigenvalue weighted by molar-refractivity contribution is -0.158. The number of hydrogen-bond donors (Lipinski definition) is 2. The number of carboxylic acid groups (broad SMARTS) is 1. The molecule has 2 rings (SSSR count). The first kappa shape index (κ1) is 10.9. The predicted octanol–water partition coefficient (Wildman–Crippen LogP) is 2.02. The summed E-state index contributed by atoms with van der Waals surface area (Å²) in [5.41, 5.74) is -0.441. The number of aliphatic carboxylic acids is 1. The zero-order chi connectivity index (χ0) is 10.9. The fourth-order valence-electron chi connectivity index (χ4n) is 3.47. The molecule has 0 aromatic rings. The molecule has 1 unspecified atom stereocenters. The number of nitrogens with one attached hydrogen (secondary N) is 1. The highest BCUT2D eigenvalue weighted by molar-refractivity contribution is 5.76. The van der Waals surface area contributed by atoms with Crippen LogP contribution >= 0.6 is 0 Å². The van der Waals surface area contributed by atoms with Gasteiger partial charge >= 0.3 is 5.97 Å². The largest absolute Gasteiger partial charge is 0.481 e. The lowest BCUT2D eigenvalue weighted by Gasteiger charge is -2.46. The van der Waals surface area contributed by atoms with Gasteiger partial charge in [0.1, 0.15) is 0 Å². The summed E-state index contributed by atoms with van der Waals surface area (Å²) in [6.45, 7) is 0. The van der Waals surface area contributed by atoms with E-state index in [0.717, 1.165) is 19.3 Å². The van der Waals surface area contributed by atoms with E-state index in [4.69, 9.17) is 0 Å². The summed E-state index contributed by atoms with van der Waals surface area (Å²) in [7, 11) is 1.92. The molecule has 0 bridgehead atoms. The summed E-state index contributed by atoms with van der Waals surface area (Å²) in [6.07, 6.45) is 7.78. The molecule has 0 aromatic heterocycles. The summed E-state index contributed by atoms with van der Waals surface area (Å²) in [6, 6.07) is 0.200. The summed E-state index contributed by atoms with van der Waals surface area (Å²) in [5.74, 6) is 0.00593. The van der Waals surface area contributed by atoms with Gasteiger partial charge in [-0.2, -0.15) is 0 Å². The van der Waals surface area contributed by atoms with Gasteiger partial charge in [0.05, 0.1) is 5.41 Å². The molecule has 3 heteroatoms. The van der Waals surface area contributed by atoms with E-state index in [2.05, 4.69) is 5.32 Å². The fourth-order valence-corrected chi connectivity index (χ4v) is 3.47. The van der Waals surface area contributed by atoms with Crippen LogP contribution < -0.4 is 5.32 Å². The normalized spacial score (nSPS) is 27.3. The van der Waals surface area contributed by atoms with Gasteiger partial charge in [0, 0.05) is 6.04 Å². The molecule has 0 aliphatic heterocycles. The maximum absolute atomic E-state index is 11.4. The standard InChI is InChI=1S/C12H21NO2/c1-13-10(9-5-2-3-6-9)12(11(14)15)7-4-8-12/h9-10,13H,2-8H2,1H3,(H,14,15). The van der Waals surface area contributed by atoms with Gasteiger partial charge in [-0.3, -0.25) is 4.79 Å². The van der Waals surface area contributed by atoms with Crippen LogP contribution in [0.25, 0.3) is 0 Å². The SMILES string of the molecule is CNC(C1CCCC1)C1(C(=O)O)CCC1. The zero-order valence-electron chi connectivity index (χ0n) is 9.46. The Balaban J connectivity index is 2.12. The Labute approximate surface area is 91.2 Å². The van der Waals surface area contributed by atoms with Crippen LogP contribution in [0.1, 0.15) is 44.9 Å². The molecular formula is C12H21NO2. The molecule has 2 fully saturated rings. The van der Waals surface area contributed by atoms with E-state index < -0.39 is 11.4 Å². The maximum atomic E-state index is 11.4. The average molecular weight is 211 g/mol. The first-order chi connectivity index (χ1) is 7.20. The minimum absolute atomic E-state index is 0.200. The molecule has 86 valence electrons. The minimum atomic E-state index is -0.583. The summed E-state index contributed by atoms with van der Waals surface area (Å²) in [4.78, 5) is 11.4. The third-order valence-electron chi connectivity index (χ3n) is 4.45. The van der Waals surface area contributed by atoms with Crippen molar-refractivity contribution in [1.29, 1.82) is 0 Å².